The molecular formula is C13H16N2S. The molecule has 0 amide bonds. The van der Waals surface area contributed by atoms with Crippen LogP contribution in [0.3, 0.4) is 0 Å². The van der Waals surface area contributed by atoms with Crippen LogP contribution in [-0.4, -0.2) is 7.05 Å². The first-order chi connectivity index (χ1) is 7.88. The zero-order chi connectivity index (χ0) is 11.2. The summed E-state index contributed by atoms with van der Waals surface area (Å²) in [5.74, 6) is 0. The van der Waals surface area contributed by atoms with Crippen LogP contribution in [0.25, 0.3) is 0 Å². The summed E-state index contributed by atoms with van der Waals surface area (Å²) >= 11 is 1.79. The second kappa shape index (κ2) is 5.68. The van der Waals surface area contributed by atoms with Gasteiger partial charge in [-0.05, 0) is 29.1 Å². The van der Waals surface area contributed by atoms with E-state index in [4.69, 9.17) is 0 Å². The summed E-state index contributed by atoms with van der Waals surface area (Å²) in [6, 6.07) is 12.7. The van der Waals surface area contributed by atoms with E-state index in [1.165, 1.54) is 10.4 Å². The van der Waals surface area contributed by atoms with Crippen molar-refractivity contribution < 1.29 is 0 Å². The molecule has 2 nitrogen and oxygen atoms in total. The second-order valence-electron chi connectivity index (χ2n) is 3.63. The quantitative estimate of drug-likeness (QED) is 0.828. The smallest absolute Gasteiger partial charge is 0.0340 e. The van der Waals surface area contributed by atoms with E-state index in [1.54, 1.807) is 11.3 Å². The highest BCUT2D eigenvalue weighted by Crippen LogP contribution is 2.11. The first-order valence-electron chi connectivity index (χ1n) is 5.38. The predicted molar refractivity (Wildman–Crippen MR) is 70.9 cm³/mol. The largest absolute Gasteiger partial charge is 0.388 e. The van der Waals surface area contributed by atoms with Crippen molar-refractivity contribution in [3.63, 3.8) is 0 Å². The van der Waals surface area contributed by atoms with Crippen LogP contribution in [0.1, 0.15) is 10.4 Å². The van der Waals surface area contributed by atoms with Crippen molar-refractivity contribution in [3.8, 4) is 0 Å². The Morgan fingerprint density at radius 1 is 1.12 bits per heavy atom. The van der Waals surface area contributed by atoms with Gasteiger partial charge < -0.3 is 10.6 Å². The van der Waals surface area contributed by atoms with E-state index in [-0.39, 0.29) is 0 Å². The van der Waals surface area contributed by atoms with E-state index in [2.05, 4.69) is 52.4 Å². The van der Waals surface area contributed by atoms with Gasteiger partial charge in [0, 0.05) is 30.7 Å². The third kappa shape index (κ3) is 3.08. The van der Waals surface area contributed by atoms with Crippen molar-refractivity contribution in [2.75, 3.05) is 12.4 Å². The van der Waals surface area contributed by atoms with E-state index in [0.717, 1.165) is 18.8 Å². The Kier molecular flexibility index (Phi) is 3.97. The molecule has 84 valence electrons. The Bertz CT molecular complexity index is 423. The minimum Gasteiger partial charge on any atom is -0.388 e. The molecule has 2 N–H and O–H groups in total. The lowest BCUT2D eigenvalue weighted by Gasteiger charge is -2.05. The number of rotatable bonds is 5. The summed E-state index contributed by atoms with van der Waals surface area (Å²) in [5.41, 5.74) is 2.47. The van der Waals surface area contributed by atoms with Crippen LogP contribution in [0.4, 0.5) is 5.69 Å². The third-order valence-electron chi connectivity index (χ3n) is 2.42. The fraction of sp³-hybridized carbons (Fsp3) is 0.231. The van der Waals surface area contributed by atoms with E-state index >= 15 is 0 Å². The van der Waals surface area contributed by atoms with Crippen molar-refractivity contribution in [1.82, 2.24) is 5.32 Å². The summed E-state index contributed by atoms with van der Waals surface area (Å²) < 4.78 is 0. The maximum absolute atomic E-state index is 3.44. The fourth-order valence-corrected chi connectivity index (χ4v) is 2.25. The van der Waals surface area contributed by atoms with Crippen LogP contribution < -0.4 is 10.6 Å². The maximum atomic E-state index is 3.44. The first kappa shape index (κ1) is 11.2. The van der Waals surface area contributed by atoms with Crippen molar-refractivity contribution in [1.29, 1.82) is 0 Å². The van der Waals surface area contributed by atoms with Crippen molar-refractivity contribution in [3.05, 3.63) is 52.2 Å². The number of benzene rings is 1. The van der Waals surface area contributed by atoms with Gasteiger partial charge in [-0.25, -0.2) is 0 Å². The second-order valence-corrected chi connectivity index (χ2v) is 4.67. The normalized spacial score (nSPS) is 10.3. The summed E-state index contributed by atoms with van der Waals surface area (Å²) in [5, 5.41) is 8.69. The van der Waals surface area contributed by atoms with Gasteiger partial charge in [-0.15, -0.1) is 11.3 Å². The maximum Gasteiger partial charge on any atom is 0.0340 e. The summed E-state index contributed by atoms with van der Waals surface area (Å²) in [6.45, 7) is 1.86. The monoisotopic (exact) mass is 232 g/mol. The highest BCUT2D eigenvalue weighted by atomic mass is 32.1. The molecule has 2 rings (SSSR count). The highest BCUT2D eigenvalue weighted by Gasteiger charge is 1.96. The lowest BCUT2D eigenvalue weighted by molar-refractivity contribution is 0.701. The van der Waals surface area contributed by atoms with Crippen LogP contribution in [-0.2, 0) is 13.1 Å². The molecule has 0 fully saturated rings. The Labute approximate surface area is 100 Å². The van der Waals surface area contributed by atoms with Crippen LogP contribution >= 0.6 is 11.3 Å². The van der Waals surface area contributed by atoms with Crippen LogP contribution in [0, 0.1) is 0 Å². The molecule has 0 radical (unpaired) electrons. The number of thiophene rings is 1. The van der Waals surface area contributed by atoms with Crippen molar-refractivity contribution >= 4 is 17.0 Å². The van der Waals surface area contributed by atoms with Gasteiger partial charge in [0.1, 0.15) is 0 Å². The number of hydrogen-bond acceptors (Lipinski definition) is 3. The fourth-order valence-electron chi connectivity index (χ4n) is 1.58. The molecule has 0 spiro atoms. The first-order valence-corrected chi connectivity index (χ1v) is 6.26. The van der Waals surface area contributed by atoms with Gasteiger partial charge in [0.05, 0.1) is 0 Å². The molecule has 1 heterocycles. The molecule has 0 unspecified atom stereocenters. The molecule has 1 aromatic carbocycles. The van der Waals surface area contributed by atoms with Gasteiger partial charge in [0.2, 0.25) is 0 Å². The van der Waals surface area contributed by atoms with Crippen molar-refractivity contribution in [2.45, 2.75) is 13.1 Å². The van der Waals surface area contributed by atoms with Gasteiger partial charge in [-0.1, -0.05) is 18.2 Å². The number of anilines is 1. The van der Waals surface area contributed by atoms with E-state index in [9.17, 15) is 0 Å². The van der Waals surface area contributed by atoms with Crippen LogP contribution in [0.2, 0.25) is 0 Å². The van der Waals surface area contributed by atoms with Crippen LogP contribution in [0.5, 0.6) is 0 Å². The minimum atomic E-state index is 0.910. The molecule has 2 aromatic rings. The topological polar surface area (TPSA) is 24.1 Å². The van der Waals surface area contributed by atoms with E-state index in [0.29, 0.717) is 0 Å². The standard InChI is InChI=1S/C13H16N2S/c1-14-12-5-2-4-11(8-12)9-15-10-13-6-3-7-16-13/h2-8,14-15H,9-10H2,1H3. The number of nitrogens with one attached hydrogen (secondary N) is 2. The minimum absolute atomic E-state index is 0.910. The molecule has 0 saturated carbocycles. The lowest BCUT2D eigenvalue weighted by atomic mass is 10.2. The predicted octanol–water partition coefficient (Wildman–Crippen LogP) is 3.08. The van der Waals surface area contributed by atoms with Gasteiger partial charge in [0.15, 0.2) is 0 Å². The zero-order valence-electron chi connectivity index (χ0n) is 9.36. The van der Waals surface area contributed by atoms with Gasteiger partial charge in [-0.3, -0.25) is 0 Å². The molecule has 3 heteroatoms. The average Bonchev–Trinajstić information content (AvgIpc) is 2.82. The molecular weight excluding hydrogens is 216 g/mol. The molecule has 0 atom stereocenters. The van der Waals surface area contributed by atoms with Gasteiger partial charge in [0.25, 0.3) is 0 Å². The SMILES string of the molecule is CNc1cccc(CNCc2cccs2)c1. The molecule has 1 aromatic heterocycles. The van der Waals surface area contributed by atoms with Crippen molar-refractivity contribution in [2.24, 2.45) is 0 Å². The summed E-state index contributed by atoms with van der Waals surface area (Å²) in [7, 11) is 1.94. The molecule has 0 bridgehead atoms. The number of hydrogen-bond donors (Lipinski definition) is 2. The lowest BCUT2D eigenvalue weighted by Crippen LogP contribution is -2.11. The molecule has 0 aliphatic heterocycles. The van der Waals surface area contributed by atoms with Crippen LogP contribution in [0.15, 0.2) is 41.8 Å². The molecule has 0 aliphatic carbocycles. The Morgan fingerprint density at radius 3 is 2.81 bits per heavy atom. The average molecular weight is 232 g/mol. The highest BCUT2D eigenvalue weighted by molar-refractivity contribution is 7.09. The Morgan fingerprint density at radius 2 is 2.06 bits per heavy atom. The van der Waals surface area contributed by atoms with Gasteiger partial charge >= 0.3 is 0 Å². The molecule has 0 saturated heterocycles. The Hall–Kier alpha value is -1.32. The van der Waals surface area contributed by atoms with Gasteiger partial charge in [-0.2, -0.15) is 0 Å². The molecule has 0 aliphatic rings. The summed E-state index contributed by atoms with van der Waals surface area (Å²) in [6.07, 6.45) is 0. The Balaban J connectivity index is 1.85. The third-order valence-corrected chi connectivity index (χ3v) is 3.30. The van der Waals surface area contributed by atoms with E-state index in [1.807, 2.05) is 7.05 Å². The zero-order valence-corrected chi connectivity index (χ0v) is 10.2. The van der Waals surface area contributed by atoms with E-state index < -0.39 is 0 Å². The molecule has 16 heavy (non-hydrogen) atoms. The summed E-state index contributed by atoms with van der Waals surface area (Å²) in [4.78, 5) is 1.38.